The number of carboxylic acids is 1. The number of nitrogens with zero attached hydrogens (tertiary/aromatic N) is 1. The number of thioether (sulfide) groups is 1. The summed E-state index contributed by atoms with van der Waals surface area (Å²) in [6, 6.07) is 1.80. The number of carbonyl (C=O) groups excluding carboxylic acids is 1. The second-order valence-electron chi connectivity index (χ2n) is 2.58. The topological polar surface area (TPSA) is 87.4 Å². The number of thiophene rings is 1. The van der Waals surface area contributed by atoms with Crippen LogP contribution in [0.5, 0.6) is 0 Å². The first-order chi connectivity index (χ1) is 7.56. The summed E-state index contributed by atoms with van der Waals surface area (Å²) in [6.07, 6.45) is 1.71. The predicted octanol–water partition coefficient (Wildman–Crippen LogP) is 1.83. The molecule has 1 aromatic heterocycles. The summed E-state index contributed by atoms with van der Waals surface area (Å²) in [6.45, 7) is 0. The number of carboxylic acid groups (broad SMARTS) is 1. The van der Waals surface area contributed by atoms with Gasteiger partial charge in [0.15, 0.2) is 0 Å². The first kappa shape index (κ1) is 12.5. The summed E-state index contributed by atoms with van der Waals surface area (Å²) in [5.74, 6) is -2.03. The van der Waals surface area contributed by atoms with E-state index in [2.05, 4.69) is 4.74 Å². The Morgan fingerprint density at radius 1 is 1.56 bits per heavy atom. The third kappa shape index (κ3) is 2.03. The molecular formula is C9H7NO4S2. The third-order valence-electron chi connectivity index (χ3n) is 1.76. The first-order valence-electron chi connectivity index (χ1n) is 3.99. The van der Waals surface area contributed by atoms with E-state index in [0.717, 1.165) is 11.3 Å². The van der Waals surface area contributed by atoms with Crippen LogP contribution in [0.25, 0.3) is 0 Å². The van der Waals surface area contributed by atoms with Crippen molar-refractivity contribution in [1.82, 2.24) is 0 Å². The van der Waals surface area contributed by atoms with E-state index in [9.17, 15) is 9.59 Å². The molecule has 1 heterocycles. The Hall–Kier alpha value is -1.52. The Morgan fingerprint density at radius 3 is 2.56 bits per heavy atom. The molecule has 0 unspecified atom stereocenters. The van der Waals surface area contributed by atoms with Crippen molar-refractivity contribution in [3.05, 3.63) is 16.0 Å². The number of hydrogen-bond acceptors (Lipinski definition) is 6. The van der Waals surface area contributed by atoms with E-state index in [1.165, 1.54) is 18.9 Å². The summed E-state index contributed by atoms with van der Waals surface area (Å²) in [5, 5.41) is 17.8. The highest BCUT2D eigenvalue weighted by molar-refractivity contribution is 8.00. The maximum Gasteiger partial charge on any atom is 0.349 e. The molecule has 0 atom stereocenters. The normalized spacial score (nSPS) is 9.56. The van der Waals surface area contributed by atoms with E-state index >= 15 is 0 Å². The van der Waals surface area contributed by atoms with Gasteiger partial charge < -0.3 is 9.84 Å². The van der Waals surface area contributed by atoms with Crippen molar-refractivity contribution in [2.75, 3.05) is 13.4 Å². The Kier molecular flexibility index (Phi) is 3.93. The van der Waals surface area contributed by atoms with Gasteiger partial charge in [0.1, 0.15) is 16.5 Å². The molecule has 0 radical (unpaired) electrons. The van der Waals surface area contributed by atoms with Gasteiger partial charge in [-0.15, -0.1) is 23.1 Å². The van der Waals surface area contributed by atoms with Crippen LogP contribution in [0.15, 0.2) is 4.21 Å². The van der Waals surface area contributed by atoms with Crippen molar-refractivity contribution in [2.45, 2.75) is 4.21 Å². The SMILES string of the molecule is COC(=O)c1sc(SC)c(C#N)c1C(=O)O. The molecule has 0 aliphatic heterocycles. The molecule has 0 spiro atoms. The van der Waals surface area contributed by atoms with Crippen LogP contribution >= 0.6 is 23.1 Å². The standard InChI is InChI=1S/C9H7NO4S2/c1-14-8(13)6-5(7(11)12)4(3-10)9(15-2)16-6/h1-2H3,(H,11,12). The molecule has 0 bridgehead atoms. The zero-order valence-corrected chi connectivity index (χ0v) is 10.1. The molecule has 84 valence electrons. The monoisotopic (exact) mass is 257 g/mol. The van der Waals surface area contributed by atoms with Gasteiger partial charge in [-0.3, -0.25) is 0 Å². The van der Waals surface area contributed by atoms with Gasteiger partial charge in [-0.2, -0.15) is 5.26 Å². The summed E-state index contributed by atoms with van der Waals surface area (Å²) >= 11 is 2.18. The molecule has 0 fully saturated rings. The minimum atomic E-state index is -1.30. The van der Waals surface area contributed by atoms with Crippen LogP contribution in [-0.2, 0) is 4.74 Å². The number of esters is 1. The molecule has 0 aliphatic rings. The maximum atomic E-state index is 11.3. The average molecular weight is 257 g/mol. The van der Waals surface area contributed by atoms with Crippen LogP contribution in [0, 0.1) is 11.3 Å². The van der Waals surface area contributed by atoms with E-state index in [-0.39, 0.29) is 16.0 Å². The molecular weight excluding hydrogens is 250 g/mol. The fourth-order valence-electron chi connectivity index (χ4n) is 1.10. The van der Waals surface area contributed by atoms with E-state index < -0.39 is 11.9 Å². The number of rotatable bonds is 3. The minimum Gasteiger partial charge on any atom is -0.478 e. The van der Waals surface area contributed by atoms with Gasteiger partial charge in [0.25, 0.3) is 0 Å². The molecule has 0 aliphatic carbocycles. The highest BCUT2D eigenvalue weighted by Crippen LogP contribution is 2.35. The number of nitriles is 1. The average Bonchev–Trinajstić information content (AvgIpc) is 2.66. The van der Waals surface area contributed by atoms with Crippen molar-refractivity contribution >= 4 is 35.0 Å². The van der Waals surface area contributed by atoms with Crippen LogP contribution < -0.4 is 0 Å². The number of carbonyl (C=O) groups is 2. The molecule has 0 saturated heterocycles. The number of aromatic carboxylic acids is 1. The molecule has 0 saturated carbocycles. The number of ether oxygens (including phenoxy) is 1. The Labute approximate surface area is 99.6 Å². The lowest BCUT2D eigenvalue weighted by Crippen LogP contribution is -2.07. The molecule has 0 aromatic carbocycles. The zero-order valence-electron chi connectivity index (χ0n) is 8.44. The fraction of sp³-hybridized carbons (Fsp3) is 0.222. The minimum absolute atomic E-state index is 0.0189. The van der Waals surface area contributed by atoms with Gasteiger partial charge in [0.05, 0.1) is 16.9 Å². The van der Waals surface area contributed by atoms with Gasteiger partial charge in [0, 0.05) is 0 Å². The summed E-state index contributed by atoms with van der Waals surface area (Å²) in [7, 11) is 1.17. The highest BCUT2D eigenvalue weighted by atomic mass is 32.2. The molecule has 1 rings (SSSR count). The van der Waals surface area contributed by atoms with Crippen LogP contribution in [0.4, 0.5) is 0 Å². The lowest BCUT2D eigenvalue weighted by molar-refractivity contribution is 0.0588. The number of hydrogen-bond donors (Lipinski definition) is 1. The Morgan fingerprint density at radius 2 is 2.19 bits per heavy atom. The summed E-state index contributed by atoms with van der Waals surface area (Å²) < 4.78 is 4.97. The third-order valence-corrected chi connectivity index (χ3v) is 4.05. The van der Waals surface area contributed by atoms with Crippen LogP contribution in [0.1, 0.15) is 25.6 Å². The molecule has 16 heavy (non-hydrogen) atoms. The molecule has 5 nitrogen and oxygen atoms in total. The maximum absolute atomic E-state index is 11.3. The fourth-order valence-corrected chi connectivity index (χ4v) is 2.92. The van der Waals surface area contributed by atoms with Gasteiger partial charge in [-0.1, -0.05) is 0 Å². The lowest BCUT2D eigenvalue weighted by Gasteiger charge is -1.96. The quantitative estimate of drug-likeness (QED) is 0.656. The van der Waals surface area contributed by atoms with Gasteiger partial charge in [-0.05, 0) is 6.26 Å². The van der Waals surface area contributed by atoms with E-state index in [0.29, 0.717) is 4.21 Å². The Bertz CT molecular complexity index is 486. The van der Waals surface area contributed by atoms with E-state index in [4.69, 9.17) is 10.4 Å². The smallest absolute Gasteiger partial charge is 0.349 e. The molecule has 1 aromatic rings. The van der Waals surface area contributed by atoms with Gasteiger partial charge in [-0.25, -0.2) is 9.59 Å². The van der Waals surface area contributed by atoms with E-state index in [1.54, 1.807) is 12.3 Å². The van der Waals surface area contributed by atoms with Crippen LogP contribution in [0.2, 0.25) is 0 Å². The summed E-state index contributed by atoms with van der Waals surface area (Å²) in [5.41, 5.74) is -0.255. The zero-order chi connectivity index (χ0) is 12.3. The van der Waals surface area contributed by atoms with Gasteiger partial charge in [0.2, 0.25) is 0 Å². The van der Waals surface area contributed by atoms with Gasteiger partial charge >= 0.3 is 11.9 Å². The Balaban J connectivity index is 3.51. The van der Waals surface area contributed by atoms with Crippen molar-refractivity contribution in [3.63, 3.8) is 0 Å². The second kappa shape index (κ2) is 5.01. The summed E-state index contributed by atoms with van der Waals surface area (Å²) in [4.78, 5) is 22.3. The molecule has 7 heteroatoms. The lowest BCUT2D eigenvalue weighted by atomic mass is 10.1. The predicted molar refractivity (Wildman–Crippen MR) is 59.1 cm³/mol. The first-order valence-corrected chi connectivity index (χ1v) is 6.03. The highest BCUT2D eigenvalue weighted by Gasteiger charge is 2.27. The van der Waals surface area contributed by atoms with E-state index in [1.807, 2.05) is 0 Å². The van der Waals surface area contributed by atoms with Crippen LogP contribution in [0.3, 0.4) is 0 Å². The molecule has 1 N–H and O–H groups in total. The number of methoxy groups -OCH3 is 1. The van der Waals surface area contributed by atoms with Crippen molar-refractivity contribution in [2.24, 2.45) is 0 Å². The molecule has 0 amide bonds. The van der Waals surface area contributed by atoms with Crippen molar-refractivity contribution in [3.8, 4) is 6.07 Å². The van der Waals surface area contributed by atoms with Crippen LogP contribution in [-0.4, -0.2) is 30.4 Å². The largest absolute Gasteiger partial charge is 0.478 e. The second-order valence-corrected chi connectivity index (χ2v) is 4.68. The van der Waals surface area contributed by atoms with Crippen molar-refractivity contribution in [1.29, 1.82) is 5.26 Å². The van der Waals surface area contributed by atoms with Crippen molar-refractivity contribution < 1.29 is 19.4 Å².